The molecular weight excluding hydrogens is 352 g/mol. The Morgan fingerprint density at radius 3 is 2.50 bits per heavy atom. The number of ether oxygens (including phenoxy) is 1. The topological polar surface area (TPSA) is 66.9 Å². The minimum atomic E-state index is -3.55. The van der Waals surface area contributed by atoms with Crippen molar-refractivity contribution < 1.29 is 17.9 Å². The van der Waals surface area contributed by atoms with E-state index < -0.39 is 10.0 Å². The molecule has 7 heteroatoms. The van der Waals surface area contributed by atoms with Crippen LogP contribution in [0.2, 0.25) is 0 Å². The van der Waals surface area contributed by atoms with E-state index >= 15 is 0 Å². The van der Waals surface area contributed by atoms with Crippen molar-refractivity contribution >= 4 is 16.0 Å². The molecule has 0 spiro atoms. The average Bonchev–Trinajstić information content (AvgIpc) is 2.61. The highest BCUT2D eigenvalue weighted by Crippen LogP contribution is 2.22. The first-order valence-electron chi connectivity index (χ1n) is 9.35. The van der Waals surface area contributed by atoms with Gasteiger partial charge in [-0.2, -0.15) is 4.31 Å². The Bertz CT molecular complexity index is 688. The standard InChI is InChI=1S/C19H30N2O4S/c1-4-6-11-20-12-13-21(15-17(20)14-19(22)25-5-2)26(23,24)18-9-7-16(3)8-10-18/h7-10,17H,4-6,11-15H2,1-3H3. The van der Waals surface area contributed by atoms with Crippen LogP contribution in [0, 0.1) is 6.92 Å². The van der Waals surface area contributed by atoms with Crippen LogP contribution in [0.1, 0.15) is 38.7 Å². The summed E-state index contributed by atoms with van der Waals surface area (Å²) < 4.78 is 32.5. The molecule has 146 valence electrons. The first-order chi connectivity index (χ1) is 12.4. The number of nitrogens with zero attached hydrogens (tertiary/aromatic N) is 2. The van der Waals surface area contributed by atoms with E-state index in [2.05, 4.69) is 11.8 Å². The molecule has 26 heavy (non-hydrogen) atoms. The molecule has 0 radical (unpaired) electrons. The van der Waals surface area contributed by atoms with Crippen LogP contribution in [-0.2, 0) is 19.6 Å². The van der Waals surface area contributed by atoms with Crippen LogP contribution in [0.3, 0.4) is 0 Å². The minimum Gasteiger partial charge on any atom is -0.466 e. The van der Waals surface area contributed by atoms with Crippen LogP contribution in [0.15, 0.2) is 29.2 Å². The third-order valence-electron chi connectivity index (χ3n) is 4.73. The lowest BCUT2D eigenvalue weighted by atomic mass is 10.1. The van der Waals surface area contributed by atoms with Gasteiger partial charge in [0.05, 0.1) is 17.9 Å². The lowest BCUT2D eigenvalue weighted by molar-refractivity contribution is -0.145. The number of piperazine rings is 1. The minimum absolute atomic E-state index is 0.144. The van der Waals surface area contributed by atoms with Gasteiger partial charge in [0.25, 0.3) is 0 Å². The summed E-state index contributed by atoms with van der Waals surface area (Å²) >= 11 is 0. The van der Waals surface area contributed by atoms with Crippen LogP contribution in [0.25, 0.3) is 0 Å². The van der Waals surface area contributed by atoms with E-state index in [1.807, 2.05) is 6.92 Å². The summed E-state index contributed by atoms with van der Waals surface area (Å²) in [6.45, 7) is 8.44. The first-order valence-corrected chi connectivity index (χ1v) is 10.8. The number of carbonyl (C=O) groups is 1. The van der Waals surface area contributed by atoms with Gasteiger partial charge >= 0.3 is 5.97 Å². The zero-order valence-corrected chi connectivity index (χ0v) is 16.8. The van der Waals surface area contributed by atoms with E-state index in [4.69, 9.17) is 4.74 Å². The van der Waals surface area contributed by atoms with E-state index in [-0.39, 0.29) is 18.4 Å². The molecule has 0 saturated carbocycles. The first kappa shape index (κ1) is 20.9. The summed E-state index contributed by atoms with van der Waals surface area (Å²) in [5, 5.41) is 0. The van der Waals surface area contributed by atoms with Crippen molar-refractivity contribution in [2.75, 3.05) is 32.8 Å². The van der Waals surface area contributed by atoms with Crippen molar-refractivity contribution in [2.24, 2.45) is 0 Å². The summed E-state index contributed by atoms with van der Waals surface area (Å²) in [4.78, 5) is 14.5. The number of benzene rings is 1. The number of rotatable bonds is 8. The number of carbonyl (C=O) groups excluding carboxylic acids is 1. The van der Waals surface area contributed by atoms with Crippen molar-refractivity contribution in [3.8, 4) is 0 Å². The number of sulfonamides is 1. The predicted molar refractivity (Wildman–Crippen MR) is 101 cm³/mol. The second-order valence-corrected chi connectivity index (χ2v) is 8.67. The summed E-state index contributed by atoms with van der Waals surface area (Å²) in [5.74, 6) is -0.270. The molecule has 1 aromatic rings. The number of aryl methyl sites for hydroxylation is 1. The van der Waals surface area contributed by atoms with E-state index in [0.717, 1.165) is 24.9 Å². The van der Waals surface area contributed by atoms with Gasteiger partial charge in [0.2, 0.25) is 10.0 Å². The molecule has 2 rings (SSSR count). The predicted octanol–water partition coefficient (Wildman–Crippen LogP) is 2.42. The van der Waals surface area contributed by atoms with Crippen molar-refractivity contribution in [3.63, 3.8) is 0 Å². The highest BCUT2D eigenvalue weighted by molar-refractivity contribution is 7.89. The Labute approximate surface area is 157 Å². The SMILES string of the molecule is CCCCN1CCN(S(=O)(=O)c2ccc(C)cc2)CC1CC(=O)OCC. The maximum Gasteiger partial charge on any atom is 0.307 e. The van der Waals surface area contributed by atoms with E-state index in [9.17, 15) is 13.2 Å². The smallest absolute Gasteiger partial charge is 0.307 e. The van der Waals surface area contributed by atoms with Gasteiger partial charge < -0.3 is 4.74 Å². The van der Waals surface area contributed by atoms with E-state index in [0.29, 0.717) is 31.1 Å². The van der Waals surface area contributed by atoms with Gasteiger partial charge in [-0.15, -0.1) is 0 Å². The van der Waals surface area contributed by atoms with Crippen molar-refractivity contribution in [3.05, 3.63) is 29.8 Å². The number of hydrogen-bond acceptors (Lipinski definition) is 5. The second kappa shape index (κ2) is 9.48. The van der Waals surface area contributed by atoms with Crippen LogP contribution >= 0.6 is 0 Å². The van der Waals surface area contributed by atoms with Gasteiger partial charge in [0.15, 0.2) is 0 Å². The average molecular weight is 383 g/mol. The number of unbranched alkanes of at least 4 members (excludes halogenated alkanes) is 1. The Balaban J connectivity index is 2.15. The molecule has 1 fully saturated rings. The van der Waals surface area contributed by atoms with Gasteiger partial charge in [-0.05, 0) is 38.9 Å². The Morgan fingerprint density at radius 2 is 1.88 bits per heavy atom. The molecular formula is C19H30N2O4S. The fourth-order valence-electron chi connectivity index (χ4n) is 3.20. The zero-order chi connectivity index (χ0) is 19.2. The van der Waals surface area contributed by atoms with Gasteiger partial charge in [0, 0.05) is 25.7 Å². The fourth-order valence-corrected chi connectivity index (χ4v) is 4.67. The molecule has 1 saturated heterocycles. The third-order valence-corrected chi connectivity index (χ3v) is 6.61. The number of esters is 1. The van der Waals surface area contributed by atoms with Crippen molar-refractivity contribution in [2.45, 2.75) is 51.0 Å². The third kappa shape index (κ3) is 5.28. The molecule has 1 heterocycles. The van der Waals surface area contributed by atoms with Gasteiger partial charge in [0.1, 0.15) is 0 Å². The summed E-state index contributed by atoms with van der Waals surface area (Å²) in [6, 6.07) is 6.76. The molecule has 0 N–H and O–H groups in total. The summed E-state index contributed by atoms with van der Waals surface area (Å²) in [6.07, 6.45) is 2.31. The normalized spacial score (nSPS) is 19.4. The van der Waals surface area contributed by atoms with Crippen LogP contribution < -0.4 is 0 Å². The molecule has 0 aromatic heterocycles. The van der Waals surface area contributed by atoms with E-state index in [1.54, 1.807) is 31.2 Å². The number of hydrogen-bond donors (Lipinski definition) is 0. The zero-order valence-electron chi connectivity index (χ0n) is 16.0. The van der Waals surface area contributed by atoms with Crippen LogP contribution in [0.5, 0.6) is 0 Å². The monoisotopic (exact) mass is 382 g/mol. The molecule has 1 aromatic carbocycles. The Hall–Kier alpha value is -1.44. The summed E-state index contributed by atoms with van der Waals surface area (Å²) in [5.41, 5.74) is 1.02. The molecule has 1 aliphatic rings. The van der Waals surface area contributed by atoms with Crippen LogP contribution in [0.4, 0.5) is 0 Å². The second-order valence-electron chi connectivity index (χ2n) is 6.73. The lowest BCUT2D eigenvalue weighted by Gasteiger charge is -2.40. The van der Waals surface area contributed by atoms with Crippen molar-refractivity contribution in [1.82, 2.24) is 9.21 Å². The largest absolute Gasteiger partial charge is 0.466 e. The molecule has 1 unspecified atom stereocenters. The molecule has 1 aliphatic heterocycles. The van der Waals surface area contributed by atoms with Crippen molar-refractivity contribution in [1.29, 1.82) is 0 Å². The molecule has 6 nitrogen and oxygen atoms in total. The maximum absolute atomic E-state index is 13.0. The molecule has 1 atom stereocenters. The molecule has 0 amide bonds. The molecule has 0 bridgehead atoms. The maximum atomic E-state index is 13.0. The van der Waals surface area contributed by atoms with Gasteiger partial charge in [-0.1, -0.05) is 31.0 Å². The van der Waals surface area contributed by atoms with Gasteiger partial charge in [-0.3, -0.25) is 9.69 Å². The Kier molecular flexibility index (Phi) is 7.61. The van der Waals surface area contributed by atoms with E-state index in [1.165, 1.54) is 4.31 Å². The van der Waals surface area contributed by atoms with Crippen LogP contribution in [-0.4, -0.2) is 62.4 Å². The van der Waals surface area contributed by atoms with Gasteiger partial charge in [-0.25, -0.2) is 8.42 Å². The lowest BCUT2D eigenvalue weighted by Crippen LogP contribution is -2.55. The molecule has 0 aliphatic carbocycles. The summed E-state index contributed by atoms with van der Waals surface area (Å²) in [7, 11) is -3.55. The fraction of sp³-hybridized carbons (Fsp3) is 0.632. The highest BCUT2D eigenvalue weighted by Gasteiger charge is 2.35. The Morgan fingerprint density at radius 1 is 1.19 bits per heavy atom. The quantitative estimate of drug-likeness (QED) is 0.646. The highest BCUT2D eigenvalue weighted by atomic mass is 32.2.